The zero-order valence-electron chi connectivity index (χ0n) is 12.9. The SMILES string of the molecule is FC(F)c1cccc(Nc2cc(-c3ccc4nc[nH]c4c3)ccn2)n1. The Balaban J connectivity index is 1.64. The number of hydrogen-bond acceptors (Lipinski definition) is 4. The van der Waals surface area contributed by atoms with Crippen molar-refractivity contribution in [2.75, 3.05) is 5.32 Å². The van der Waals surface area contributed by atoms with E-state index in [0.717, 1.165) is 22.2 Å². The van der Waals surface area contributed by atoms with Crippen molar-refractivity contribution in [3.8, 4) is 11.1 Å². The van der Waals surface area contributed by atoms with Gasteiger partial charge in [0.05, 0.1) is 17.4 Å². The summed E-state index contributed by atoms with van der Waals surface area (Å²) < 4.78 is 25.5. The topological polar surface area (TPSA) is 66.5 Å². The molecule has 2 N–H and O–H groups in total. The number of hydrogen-bond donors (Lipinski definition) is 2. The highest BCUT2D eigenvalue weighted by Crippen LogP contribution is 2.25. The summed E-state index contributed by atoms with van der Waals surface area (Å²) in [6.07, 6.45) is 0.698. The maximum Gasteiger partial charge on any atom is 0.280 e. The third kappa shape index (κ3) is 3.16. The molecule has 1 aromatic carbocycles. The zero-order chi connectivity index (χ0) is 17.2. The van der Waals surface area contributed by atoms with Crippen LogP contribution in [-0.2, 0) is 0 Å². The molecule has 25 heavy (non-hydrogen) atoms. The van der Waals surface area contributed by atoms with Crippen molar-refractivity contribution in [2.45, 2.75) is 6.43 Å². The number of halogens is 2. The van der Waals surface area contributed by atoms with Gasteiger partial charge in [0.1, 0.15) is 17.3 Å². The summed E-state index contributed by atoms with van der Waals surface area (Å²) in [6.45, 7) is 0. The maximum atomic E-state index is 12.8. The molecule has 3 heterocycles. The number of imidazole rings is 1. The lowest BCUT2D eigenvalue weighted by Crippen LogP contribution is -1.99. The standard InChI is InChI=1S/C18H13F2N5/c19-18(20)14-2-1-3-16(24-14)25-17-9-12(6-7-21-17)11-4-5-13-15(8-11)23-10-22-13/h1-10,18H,(H,22,23)(H,21,24,25). The Morgan fingerprint density at radius 3 is 2.68 bits per heavy atom. The molecule has 0 saturated carbocycles. The average Bonchev–Trinajstić information content (AvgIpc) is 3.10. The highest BCUT2D eigenvalue weighted by molar-refractivity contribution is 5.82. The third-order valence-electron chi connectivity index (χ3n) is 3.76. The van der Waals surface area contributed by atoms with E-state index in [1.165, 1.54) is 12.1 Å². The summed E-state index contributed by atoms with van der Waals surface area (Å²) in [5.41, 5.74) is 3.50. The van der Waals surface area contributed by atoms with E-state index >= 15 is 0 Å². The number of benzene rings is 1. The van der Waals surface area contributed by atoms with E-state index in [9.17, 15) is 8.78 Å². The second-order valence-corrected chi connectivity index (χ2v) is 5.44. The Hall–Kier alpha value is -3.35. The predicted octanol–water partition coefficient (Wildman–Crippen LogP) is 4.70. The molecule has 124 valence electrons. The summed E-state index contributed by atoms with van der Waals surface area (Å²) in [5.74, 6) is 0.854. The lowest BCUT2D eigenvalue weighted by molar-refractivity contribution is 0.146. The molecule has 0 unspecified atom stereocenters. The molecular weight excluding hydrogens is 324 g/mol. The molecule has 7 heteroatoms. The Bertz CT molecular complexity index is 1030. The number of H-pyrrole nitrogens is 1. The van der Waals surface area contributed by atoms with Gasteiger partial charge in [0.2, 0.25) is 0 Å². The second kappa shape index (κ2) is 6.27. The molecule has 4 rings (SSSR count). The van der Waals surface area contributed by atoms with E-state index in [1.54, 1.807) is 18.6 Å². The quantitative estimate of drug-likeness (QED) is 0.566. The Kier molecular flexibility index (Phi) is 3.81. The molecular formula is C18H13F2N5. The first-order chi connectivity index (χ1) is 12.2. The van der Waals surface area contributed by atoms with Crippen molar-refractivity contribution in [3.05, 3.63) is 66.7 Å². The van der Waals surface area contributed by atoms with Crippen LogP contribution >= 0.6 is 0 Å². The van der Waals surface area contributed by atoms with Crippen LogP contribution in [0.1, 0.15) is 12.1 Å². The molecule has 0 fully saturated rings. The van der Waals surface area contributed by atoms with Crippen molar-refractivity contribution < 1.29 is 8.78 Å². The minimum atomic E-state index is -2.61. The number of nitrogens with one attached hydrogen (secondary N) is 2. The molecule has 0 aliphatic rings. The number of pyridine rings is 2. The number of rotatable bonds is 4. The summed E-state index contributed by atoms with van der Waals surface area (Å²) in [7, 11) is 0. The van der Waals surface area contributed by atoms with Crippen molar-refractivity contribution >= 4 is 22.7 Å². The van der Waals surface area contributed by atoms with Gasteiger partial charge in [-0.15, -0.1) is 0 Å². The maximum absolute atomic E-state index is 12.8. The molecule has 0 aliphatic carbocycles. The van der Waals surface area contributed by atoms with Gasteiger partial charge in [0.25, 0.3) is 6.43 Å². The van der Waals surface area contributed by atoms with Gasteiger partial charge < -0.3 is 10.3 Å². The first-order valence-corrected chi connectivity index (χ1v) is 7.61. The van der Waals surface area contributed by atoms with E-state index in [2.05, 4.69) is 25.3 Å². The van der Waals surface area contributed by atoms with Crippen molar-refractivity contribution in [1.29, 1.82) is 0 Å². The Morgan fingerprint density at radius 1 is 0.920 bits per heavy atom. The number of fused-ring (bicyclic) bond motifs is 1. The summed E-state index contributed by atoms with van der Waals surface area (Å²) in [5, 5.41) is 2.97. The molecule has 0 saturated heterocycles. The van der Waals surface area contributed by atoms with Crippen LogP contribution in [0.2, 0.25) is 0 Å². The molecule has 0 spiro atoms. The van der Waals surface area contributed by atoms with E-state index in [-0.39, 0.29) is 5.69 Å². The first-order valence-electron chi connectivity index (χ1n) is 7.61. The van der Waals surface area contributed by atoms with E-state index in [4.69, 9.17) is 0 Å². The van der Waals surface area contributed by atoms with Crippen molar-refractivity contribution in [3.63, 3.8) is 0 Å². The van der Waals surface area contributed by atoms with E-state index in [0.29, 0.717) is 11.6 Å². The molecule has 0 aliphatic heterocycles. The van der Waals surface area contributed by atoms with Crippen molar-refractivity contribution in [2.24, 2.45) is 0 Å². The number of aromatic amines is 1. The molecule has 4 aromatic rings. The molecule has 0 radical (unpaired) electrons. The minimum Gasteiger partial charge on any atom is -0.345 e. The zero-order valence-corrected chi connectivity index (χ0v) is 12.9. The first kappa shape index (κ1) is 15.2. The van der Waals surface area contributed by atoms with E-state index in [1.807, 2.05) is 30.3 Å². The fraction of sp³-hybridized carbons (Fsp3) is 0.0556. The summed E-state index contributed by atoms with van der Waals surface area (Å²) in [4.78, 5) is 15.4. The van der Waals surface area contributed by atoms with Gasteiger partial charge >= 0.3 is 0 Å². The third-order valence-corrected chi connectivity index (χ3v) is 3.76. The van der Waals surface area contributed by atoms with Gasteiger partial charge in [-0.3, -0.25) is 0 Å². The second-order valence-electron chi connectivity index (χ2n) is 5.44. The van der Waals surface area contributed by atoms with Gasteiger partial charge in [-0.05, 0) is 47.5 Å². The highest BCUT2D eigenvalue weighted by atomic mass is 19.3. The largest absolute Gasteiger partial charge is 0.345 e. The van der Waals surface area contributed by atoms with Gasteiger partial charge in [0, 0.05) is 6.20 Å². The number of alkyl halides is 2. The Labute approximate surface area is 141 Å². The van der Waals surface area contributed by atoms with Crippen LogP contribution in [0.4, 0.5) is 20.4 Å². The van der Waals surface area contributed by atoms with Crippen LogP contribution in [0.3, 0.4) is 0 Å². The van der Waals surface area contributed by atoms with Crippen LogP contribution in [0, 0.1) is 0 Å². The number of anilines is 2. The average molecular weight is 337 g/mol. The monoisotopic (exact) mass is 337 g/mol. The highest BCUT2D eigenvalue weighted by Gasteiger charge is 2.09. The fourth-order valence-corrected chi connectivity index (χ4v) is 2.57. The molecule has 0 bridgehead atoms. The normalized spacial score (nSPS) is 11.2. The minimum absolute atomic E-state index is 0.272. The van der Waals surface area contributed by atoms with Crippen molar-refractivity contribution in [1.82, 2.24) is 19.9 Å². The fourth-order valence-electron chi connectivity index (χ4n) is 2.57. The van der Waals surface area contributed by atoms with Crippen LogP contribution in [-0.4, -0.2) is 19.9 Å². The van der Waals surface area contributed by atoms with Crippen LogP contribution in [0.25, 0.3) is 22.2 Å². The summed E-state index contributed by atoms with van der Waals surface area (Å²) in [6, 6.07) is 14.1. The summed E-state index contributed by atoms with van der Waals surface area (Å²) >= 11 is 0. The number of aromatic nitrogens is 4. The smallest absolute Gasteiger partial charge is 0.280 e. The molecule has 0 atom stereocenters. The molecule has 0 amide bonds. The van der Waals surface area contributed by atoms with E-state index < -0.39 is 6.43 Å². The van der Waals surface area contributed by atoms with Crippen LogP contribution in [0.15, 0.2) is 61.1 Å². The van der Waals surface area contributed by atoms with Gasteiger partial charge in [0.15, 0.2) is 0 Å². The molecule has 5 nitrogen and oxygen atoms in total. The lowest BCUT2D eigenvalue weighted by Gasteiger charge is -2.08. The predicted molar refractivity (Wildman–Crippen MR) is 91.8 cm³/mol. The lowest BCUT2D eigenvalue weighted by atomic mass is 10.1. The van der Waals surface area contributed by atoms with Gasteiger partial charge in [-0.25, -0.2) is 23.7 Å². The number of nitrogens with zero attached hydrogens (tertiary/aromatic N) is 3. The van der Waals surface area contributed by atoms with Gasteiger partial charge in [-0.1, -0.05) is 12.1 Å². The van der Waals surface area contributed by atoms with Crippen LogP contribution < -0.4 is 5.32 Å². The van der Waals surface area contributed by atoms with Crippen LogP contribution in [0.5, 0.6) is 0 Å². The van der Waals surface area contributed by atoms with Gasteiger partial charge in [-0.2, -0.15) is 0 Å². The molecule has 3 aromatic heterocycles. The Morgan fingerprint density at radius 2 is 1.80 bits per heavy atom.